The zero-order chi connectivity index (χ0) is 10.8. The minimum absolute atomic E-state index is 0.247. The first-order chi connectivity index (χ1) is 7.20. The number of nitrogens with zero attached hydrogens (tertiary/aromatic N) is 1. The van der Waals surface area contributed by atoms with Gasteiger partial charge in [0.2, 0.25) is 0 Å². The lowest BCUT2D eigenvalue weighted by molar-refractivity contribution is 0.254. The molecule has 1 heterocycles. The minimum atomic E-state index is -0.247. The number of nitrogens with one attached hydrogen (secondary N) is 2. The molecule has 78 valence electrons. The van der Waals surface area contributed by atoms with Crippen LogP contribution in [0.4, 0.5) is 10.6 Å². The van der Waals surface area contributed by atoms with Crippen LogP contribution in [-0.4, -0.2) is 17.5 Å². The number of aryl methyl sites for hydroxylation is 1. The van der Waals surface area contributed by atoms with Crippen molar-refractivity contribution in [1.82, 2.24) is 9.69 Å². The first kappa shape index (κ1) is 9.92. The first-order valence-electron chi connectivity index (χ1n) is 4.55. The van der Waals surface area contributed by atoms with Gasteiger partial charge in [-0.1, -0.05) is 11.6 Å². The smallest absolute Gasteiger partial charge is 0.320 e. The SMILES string of the molecule is CNC(=O)Nc1nsc2ccc(C)cc12. The van der Waals surface area contributed by atoms with Gasteiger partial charge < -0.3 is 5.32 Å². The van der Waals surface area contributed by atoms with Crippen molar-refractivity contribution in [2.45, 2.75) is 6.92 Å². The lowest BCUT2D eigenvalue weighted by Gasteiger charge is -2.00. The Kier molecular flexibility index (Phi) is 2.55. The van der Waals surface area contributed by atoms with E-state index in [1.165, 1.54) is 11.5 Å². The number of benzene rings is 1. The van der Waals surface area contributed by atoms with Crippen LogP contribution in [0.25, 0.3) is 10.1 Å². The average Bonchev–Trinajstić information content (AvgIpc) is 2.61. The van der Waals surface area contributed by atoms with Gasteiger partial charge in [-0.25, -0.2) is 4.79 Å². The molecular formula is C10H11N3OS. The van der Waals surface area contributed by atoms with E-state index in [-0.39, 0.29) is 6.03 Å². The summed E-state index contributed by atoms with van der Waals surface area (Å²) in [6, 6.07) is 5.81. The number of carbonyl (C=O) groups is 1. The fourth-order valence-electron chi connectivity index (χ4n) is 1.31. The van der Waals surface area contributed by atoms with Crippen LogP contribution in [0.5, 0.6) is 0 Å². The molecule has 0 aliphatic rings. The van der Waals surface area contributed by atoms with Gasteiger partial charge in [0.05, 0.1) is 4.70 Å². The molecule has 1 aromatic carbocycles. The molecule has 2 amide bonds. The predicted octanol–water partition coefficient (Wildman–Crippen LogP) is 2.36. The number of urea groups is 1. The van der Waals surface area contributed by atoms with Gasteiger partial charge in [0, 0.05) is 12.4 Å². The lowest BCUT2D eigenvalue weighted by Crippen LogP contribution is -2.24. The van der Waals surface area contributed by atoms with Crippen molar-refractivity contribution < 1.29 is 4.79 Å². The fraction of sp³-hybridized carbons (Fsp3) is 0.200. The Bertz CT molecular complexity index is 506. The summed E-state index contributed by atoms with van der Waals surface area (Å²) in [5.74, 6) is 0.623. The summed E-state index contributed by atoms with van der Waals surface area (Å²) in [4.78, 5) is 11.2. The number of carbonyl (C=O) groups excluding carboxylic acids is 1. The lowest BCUT2D eigenvalue weighted by atomic mass is 10.2. The summed E-state index contributed by atoms with van der Waals surface area (Å²) >= 11 is 1.38. The molecule has 0 aliphatic heterocycles. The Labute approximate surface area is 91.5 Å². The number of aromatic nitrogens is 1. The van der Waals surface area contributed by atoms with Gasteiger partial charge in [-0.15, -0.1) is 0 Å². The maximum atomic E-state index is 11.2. The second kappa shape index (κ2) is 3.86. The second-order valence-corrected chi connectivity index (χ2v) is 4.04. The summed E-state index contributed by atoms with van der Waals surface area (Å²) in [6.07, 6.45) is 0. The van der Waals surface area contributed by atoms with Crippen molar-refractivity contribution >= 4 is 33.5 Å². The number of rotatable bonds is 1. The summed E-state index contributed by atoms with van der Waals surface area (Å²) < 4.78 is 5.27. The van der Waals surface area contributed by atoms with Gasteiger partial charge in [0.15, 0.2) is 5.82 Å². The van der Waals surface area contributed by atoms with E-state index in [0.717, 1.165) is 15.6 Å². The van der Waals surface area contributed by atoms with Crippen molar-refractivity contribution in [2.75, 3.05) is 12.4 Å². The summed E-state index contributed by atoms with van der Waals surface area (Å²) in [5, 5.41) is 6.18. The molecule has 0 fully saturated rings. The van der Waals surface area contributed by atoms with E-state index in [9.17, 15) is 4.79 Å². The third kappa shape index (κ3) is 1.92. The van der Waals surface area contributed by atoms with Crippen LogP contribution >= 0.6 is 11.5 Å². The summed E-state index contributed by atoms with van der Waals surface area (Å²) in [7, 11) is 1.58. The van der Waals surface area contributed by atoms with E-state index < -0.39 is 0 Å². The average molecular weight is 221 g/mol. The molecule has 5 heteroatoms. The van der Waals surface area contributed by atoms with Crippen LogP contribution in [0.2, 0.25) is 0 Å². The van der Waals surface area contributed by atoms with Crippen LogP contribution in [0.1, 0.15) is 5.56 Å². The Hall–Kier alpha value is -1.62. The van der Waals surface area contributed by atoms with Gasteiger partial charge in [-0.3, -0.25) is 5.32 Å². The topological polar surface area (TPSA) is 54.0 Å². The van der Waals surface area contributed by atoms with Crippen molar-refractivity contribution in [3.63, 3.8) is 0 Å². The molecule has 0 bridgehead atoms. The van der Waals surface area contributed by atoms with Crippen molar-refractivity contribution in [1.29, 1.82) is 0 Å². The van der Waals surface area contributed by atoms with E-state index >= 15 is 0 Å². The molecular weight excluding hydrogens is 210 g/mol. The van der Waals surface area contributed by atoms with Gasteiger partial charge in [0.25, 0.3) is 0 Å². The van der Waals surface area contributed by atoms with Crippen LogP contribution in [0.15, 0.2) is 18.2 Å². The van der Waals surface area contributed by atoms with E-state index in [4.69, 9.17) is 0 Å². The van der Waals surface area contributed by atoms with Crippen LogP contribution in [0.3, 0.4) is 0 Å². The largest absolute Gasteiger partial charge is 0.341 e. The number of anilines is 1. The summed E-state index contributed by atoms with van der Waals surface area (Å²) in [6.45, 7) is 2.01. The summed E-state index contributed by atoms with van der Waals surface area (Å²) in [5.41, 5.74) is 1.16. The first-order valence-corrected chi connectivity index (χ1v) is 5.33. The number of hydrogen-bond donors (Lipinski definition) is 2. The van der Waals surface area contributed by atoms with Crippen LogP contribution in [-0.2, 0) is 0 Å². The Morgan fingerprint density at radius 3 is 3.00 bits per heavy atom. The minimum Gasteiger partial charge on any atom is -0.341 e. The molecule has 2 rings (SSSR count). The van der Waals surface area contributed by atoms with Crippen LogP contribution < -0.4 is 10.6 Å². The predicted molar refractivity (Wildman–Crippen MR) is 62.4 cm³/mol. The van der Waals surface area contributed by atoms with Gasteiger partial charge in [0.1, 0.15) is 0 Å². The molecule has 4 nitrogen and oxygen atoms in total. The quantitative estimate of drug-likeness (QED) is 0.776. The van der Waals surface area contributed by atoms with E-state index in [1.807, 2.05) is 25.1 Å². The number of hydrogen-bond acceptors (Lipinski definition) is 3. The van der Waals surface area contributed by atoms with E-state index in [2.05, 4.69) is 15.0 Å². The maximum Gasteiger partial charge on any atom is 0.320 e. The molecule has 2 aromatic rings. The molecule has 0 saturated heterocycles. The van der Waals surface area contributed by atoms with Gasteiger partial charge >= 0.3 is 6.03 Å². The molecule has 0 aliphatic carbocycles. The number of fused-ring (bicyclic) bond motifs is 1. The van der Waals surface area contributed by atoms with Crippen molar-refractivity contribution in [2.24, 2.45) is 0 Å². The molecule has 2 N–H and O–H groups in total. The highest BCUT2D eigenvalue weighted by Gasteiger charge is 2.08. The third-order valence-electron chi connectivity index (χ3n) is 2.08. The Balaban J connectivity index is 2.43. The monoisotopic (exact) mass is 221 g/mol. The standard InChI is InChI=1S/C10H11N3OS/c1-6-3-4-8-7(5-6)9(13-15-8)12-10(14)11-2/h3-5H,1-2H3,(H2,11,12,13,14). The highest BCUT2D eigenvalue weighted by molar-refractivity contribution is 7.13. The Morgan fingerprint density at radius 2 is 2.27 bits per heavy atom. The second-order valence-electron chi connectivity index (χ2n) is 3.23. The van der Waals surface area contributed by atoms with Gasteiger partial charge in [-0.2, -0.15) is 4.37 Å². The molecule has 15 heavy (non-hydrogen) atoms. The van der Waals surface area contributed by atoms with Crippen LogP contribution in [0, 0.1) is 6.92 Å². The van der Waals surface area contributed by atoms with Crippen molar-refractivity contribution in [3.8, 4) is 0 Å². The van der Waals surface area contributed by atoms with E-state index in [0.29, 0.717) is 5.82 Å². The zero-order valence-corrected chi connectivity index (χ0v) is 9.31. The highest BCUT2D eigenvalue weighted by Crippen LogP contribution is 2.27. The fourth-order valence-corrected chi connectivity index (χ4v) is 2.03. The van der Waals surface area contributed by atoms with E-state index in [1.54, 1.807) is 7.05 Å². The molecule has 0 saturated carbocycles. The molecule has 0 unspecified atom stereocenters. The zero-order valence-electron chi connectivity index (χ0n) is 8.50. The van der Waals surface area contributed by atoms with Crippen molar-refractivity contribution in [3.05, 3.63) is 23.8 Å². The molecule has 0 radical (unpaired) electrons. The maximum absolute atomic E-state index is 11.2. The number of amides is 2. The van der Waals surface area contributed by atoms with Gasteiger partial charge in [-0.05, 0) is 30.6 Å². The Morgan fingerprint density at radius 1 is 1.47 bits per heavy atom. The molecule has 1 aromatic heterocycles. The highest BCUT2D eigenvalue weighted by atomic mass is 32.1. The normalized spacial score (nSPS) is 10.3. The third-order valence-corrected chi connectivity index (χ3v) is 2.91. The molecule has 0 spiro atoms. The molecule has 0 atom stereocenters.